The third kappa shape index (κ3) is 2.98. The molecule has 19 heavy (non-hydrogen) atoms. The van der Waals surface area contributed by atoms with Gasteiger partial charge in [0.05, 0.1) is 5.60 Å². The smallest absolute Gasteiger partial charge is 0.0741 e. The quantitative estimate of drug-likeness (QED) is 0.849. The molecule has 0 radical (unpaired) electrons. The molecule has 0 aromatic rings. The molecule has 1 spiro atoms. The van der Waals surface area contributed by atoms with Crippen molar-refractivity contribution in [3.8, 4) is 0 Å². The summed E-state index contributed by atoms with van der Waals surface area (Å²) >= 11 is 0. The SMILES string of the molecule is CCC1(CNC2CCOC3(CCOCC3)C2)CCC1. The van der Waals surface area contributed by atoms with Crippen molar-refractivity contribution in [1.29, 1.82) is 0 Å². The van der Waals surface area contributed by atoms with E-state index in [2.05, 4.69) is 12.2 Å². The number of hydrogen-bond acceptors (Lipinski definition) is 3. The summed E-state index contributed by atoms with van der Waals surface area (Å²) in [5.74, 6) is 0. The molecule has 1 aliphatic carbocycles. The van der Waals surface area contributed by atoms with Crippen LogP contribution in [0.3, 0.4) is 0 Å². The van der Waals surface area contributed by atoms with Gasteiger partial charge in [0, 0.05) is 32.4 Å². The molecular weight excluding hydrogens is 238 g/mol. The fourth-order valence-electron chi connectivity index (χ4n) is 3.99. The Morgan fingerprint density at radius 3 is 2.53 bits per heavy atom. The summed E-state index contributed by atoms with van der Waals surface area (Å²) in [6.45, 7) is 6.26. The zero-order valence-electron chi connectivity index (χ0n) is 12.4. The minimum atomic E-state index is 0.132. The standard InChI is InChI=1S/C16H29NO2/c1-2-15(5-3-6-15)13-17-14-4-9-19-16(12-14)7-10-18-11-8-16/h14,17H,2-13H2,1H3. The molecule has 0 amide bonds. The molecule has 0 aromatic heterocycles. The lowest BCUT2D eigenvalue weighted by molar-refractivity contribution is -0.141. The summed E-state index contributed by atoms with van der Waals surface area (Å²) in [5, 5.41) is 3.87. The lowest BCUT2D eigenvalue weighted by Crippen LogP contribution is -2.52. The molecule has 1 unspecified atom stereocenters. The van der Waals surface area contributed by atoms with E-state index in [1.807, 2.05) is 0 Å². The van der Waals surface area contributed by atoms with Gasteiger partial charge in [0.25, 0.3) is 0 Å². The molecule has 2 aliphatic heterocycles. The number of ether oxygens (including phenoxy) is 2. The molecule has 3 rings (SSSR count). The van der Waals surface area contributed by atoms with E-state index in [1.165, 1.54) is 45.1 Å². The number of hydrogen-bond donors (Lipinski definition) is 1. The highest BCUT2D eigenvalue weighted by Crippen LogP contribution is 2.43. The highest BCUT2D eigenvalue weighted by atomic mass is 16.5. The van der Waals surface area contributed by atoms with Crippen LogP contribution in [-0.2, 0) is 9.47 Å². The summed E-state index contributed by atoms with van der Waals surface area (Å²) in [7, 11) is 0. The topological polar surface area (TPSA) is 30.5 Å². The van der Waals surface area contributed by atoms with Crippen molar-refractivity contribution in [2.45, 2.75) is 69.9 Å². The molecule has 0 aromatic carbocycles. The predicted octanol–water partition coefficient (Wildman–Crippen LogP) is 2.88. The van der Waals surface area contributed by atoms with Gasteiger partial charge in [-0.15, -0.1) is 0 Å². The molecule has 2 heterocycles. The van der Waals surface area contributed by atoms with Crippen LogP contribution >= 0.6 is 0 Å². The maximum atomic E-state index is 6.12. The highest BCUT2D eigenvalue weighted by molar-refractivity contribution is 4.94. The Morgan fingerprint density at radius 2 is 1.89 bits per heavy atom. The summed E-state index contributed by atoms with van der Waals surface area (Å²) in [4.78, 5) is 0. The Bertz CT molecular complexity index is 284. The van der Waals surface area contributed by atoms with Gasteiger partial charge in [-0.05, 0) is 50.4 Å². The van der Waals surface area contributed by atoms with E-state index < -0.39 is 0 Å². The summed E-state index contributed by atoms with van der Waals surface area (Å²) < 4.78 is 11.6. The minimum absolute atomic E-state index is 0.132. The van der Waals surface area contributed by atoms with E-state index in [9.17, 15) is 0 Å². The van der Waals surface area contributed by atoms with Crippen molar-refractivity contribution in [3.63, 3.8) is 0 Å². The third-order valence-electron chi connectivity index (χ3n) is 5.83. The van der Waals surface area contributed by atoms with E-state index >= 15 is 0 Å². The van der Waals surface area contributed by atoms with Crippen LogP contribution in [0, 0.1) is 5.41 Å². The predicted molar refractivity (Wildman–Crippen MR) is 76.3 cm³/mol. The van der Waals surface area contributed by atoms with Crippen molar-refractivity contribution in [2.75, 3.05) is 26.4 Å². The normalized spacial score (nSPS) is 33.0. The zero-order chi connectivity index (χ0) is 13.2. The fourth-order valence-corrected chi connectivity index (χ4v) is 3.99. The van der Waals surface area contributed by atoms with E-state index in [0.29, 0.717) is 11.5 Å². The summed E-state index contributed by atoms with van der Waals surface area (Å²) in [6.07, 6.45) is 10.2. The molecule has 2 saturated heterocycles. The van der Waals surface area contributed by atoms with Crippen LogP contribution in [0.1, 0.15) is 58.3 Å². The van der Waals surface area contributed by atoms with Crippen molar-refractivity contribution < 1.29 is 9.47 Å². The van der Waals surface area contributed by atoms with E-state index in [4.69, 9.17) is 9.47 Å². The summed E-state index contributed by atoms with van der Waals surface area (Å²) in [6, 6.07) is 0.663. The van der Waals surface area contributed by atoms with Gasteiger partial charge in [0.1, 0.15) is 0 Å². The van der Waals surface area contributed by atoms with Crippen LogP contribution < -0.4 is 5.32 Å². The first-order valence-electron chi connectivity index (χ1n) is 8.21. The molecule has 110 valence electrons. The number of nitrogens with one attached hydrogen (secondary N) is 1. The average Bonchev–Trinajstić information content (AvgIpc) is 2.39. The van der Waals surface area contributed by atoms with Gasteiger partial charge in [-0.3, -0.25) is 0 Å². The van der Waals surface area contributed by atoms with Crippen molar-refractivity contribution >= 4 is 0 Å². The molecule has 1 atom stereocenters. The number of rotatable bonds is 4. The monoisotopic (exact) mass is 267 g/mol. The van der Waals surface area contributed by atoms with Gasteiger partial charge in [0.2, 0.25) is 0 Å². The van der Waals surface area contributed by atoms with Gasteiger partial charge in [-0.1, -0.05) is 13.3 Å². The second kappa shape index (κ2) is 5.71. The maximum absolute atomic E-state index is 6.12. The Morgan fingerprint density at radius 1 is 1.11 bits per heavy atom. The first-order chi connectivity index (χ1) is 9.26. The Hall–Kier alpha value is -0.120. The molecule has 3 aliphatic rings. The molecule has 3 fully saturated rings. The molecule has 1 N–H and O–H groups in total. The Labute approximate surface area is 117 Å². The molecule has 1 saturated carbocycles. The first kappa shape index (κ1) is 13.8. The molecular formula is C16H29NO2. The Balaban J connectivity index is 1.50. The van der Waals surface area contributed by atoms with Crippen molar-refractivity contribution in [2.24, 2.45) is 5.41 Å². The second-order valence-electron chi connectivity index (χ2n) is 6.92. The Kier molecular flexibility index (Phi) is 4.16. The van der Waals surface area contributed by atoms with Crippen molar-refractivity contribution in [1.82, 2.24) is 5.32 Å². The van der Waals surface area contributed by atoms with Gasteiger partial charge in [-0.2, -0.15) is 0 Å². The van der Waals surface area contributed by atoms with Gasteiger partial charge in [0.15, 0.2) is 0 Å². The largest absolute Gasteiger partial charge is 0.381 e. The van der Waals surface area contributed by atoms with Gasteiger partial charge < -0.3 is 14.8 Å². The van der Waals surface area contributed by atoms with Crippen LogP contribution in [-0.4, -0.2) is 38.0 Å². The molecule has 0 bridgehead atoms. The fraction of sp³-hybridized carbons (Fsp3) is 1.00. The van der Waals surface area contributed by atoms with Crippen LogP contribution in [0.2, 0.25) is 0 Å². The van der Waals surface area contributed by atoms with Crippen LogP contribution in [0.25, 0.3) is 0 Å². The minimum Gasteiger partial charge on any atom is -0.381 e. The zero-order valence-corrected chi connectivity index (χ0v) is 12.4. The summed E-state index contributed by atoms with van der Waals surface area (Å²) in [5.41, 5.74) is 0.758. The molecule has 3 nitrogen and oxygen atoms in total. The van der Waals surface area contributed by atoms with Gasteiger partial charge >= 0.3 is 0 Å². The highest BCUT2D eigenvalue weighted by Gasteiger charge is 2.40. The lowest BCUT2D eigenvalue weighted by atomic mass is 9.67. The van der Waals surface area contributed by atoms with E-state index in [0.717, 1.165) is 32.7 Å². The van der Waals surface area contributed by atoms with Gasteiger partial charge in [-0.25, -0.2) is 0 Å². The third-order valence-corrected chi connectivity index (χ3v) is 5.83. The molecule has 3 heteroatoms. The van der Waals surface area contributed by atoms with Crippen LogP contribution in [0.4, 0.5) is 0 Å². The van der Waals surface area contributed by atoms with Crippen LogP contribution in [0.5, 0.6) is 0 Å². The first-order valence-corrected chi connectivity index (χ1v) is 8.21. The van der Waals surface area contributed by atoms with Crippen LogP contribution in [0.15, 0.2) is 0 Å². The van der Waals surface area contributed by atoms with Crippen molar-refractivity contribution in [3.05, 3.63) is 0 Å². The maximum Gasteiger partial charge on any atom is 0.0741 e. The lowest BCUT2D eigenvalue weighted by Gasteiger charge is -2.46. The average molecular weight is 267 g/mol. The van der Waals surface area contributed by atoms with E-state index in [1.54, 1.807) is 0 Å². The second-order valence-corrected chi connectivity index (χ2v) is 6.92. The van der Waals surface area contributed by atoms with E-state index in [-0.39, 0.29) is 5.60 Å².